The van der Waals surface area contributed by atoms with Gasteiger partial charge in [0.25, 0.3) is 0 Å². The normalized spacial score (nSPS) is 21.8. The van der Waals surface area contributed by atoms with Crippen molar-refractivity contribution in [3.8, 4) is 5.75 Å². The van der Waals surface area contributed by atoms with E-state index in [0.29, 0.717) is 29.9 Å². The summed E-state index contributed by atoms with van der Waals surface area (Å²) in [5.41, 5.74) is 1.28. The molecule has 10 heteroatoms. The fourth-order valence-electron chi connectivity index (χ4n) is 3.73. The summed E-state index contributed by atoms with van der Waals surface area (Å²) in [5.74, 6) is 5.45. The Morgan fingerprint density at radius 3 is 2.78 bits per heavy atom. The number of aliphatic hydroxyl groups is 1. The number of nitrogens with zero attached hydrogens (tertiary/aromatic N) is 3. The second-order valence-electron chi connectivity index (χ2n) is 7.87. The molecule has 0 radical (unpaired) electrons. The number of anilines is 2. The number of halogens is 2. The van der Waals surface area contributed by atoms with Crippen molar-refractivity contribution >= 4 is 43.4 Å². The number of ether oxygens (including phenoxy) is 2. The van der Waals surface area contributed by atoms with Gasteiger partial charge in [0, 0.05) is 18.6 Å². The molecule has 0 spiro atoms. The van der Waals surface area contributed by atoms with E-state index in [2.05, 4.69) is 25.5 Å². The molecule has 2 fully saturated rings. The smallest absolute Gasteiger partial charge is 0.192 e. The van der Waals surface area contributed by atoms with Crippen molar-refractivity contribution in [3.05, 3.63) is 48.3 Å². The molecule has 0 unspecified atom stereocenters. The largest absolute Gasteiger partial charge is 0.483 e. The summed E-state index contributed by atoms with van der Waals surface area (Å²) >= 11 is 0. The third-order valence-electron chi connectivity index (χ3n) is 5.51. The highest BCUT2D eigenvalue weighted by molar-refractivity contribution is 8.03. The van der Waals surface area contributed by atoms with Gasteiger partial charge in [-0.1, -0.05) is 5.87 Å². The van der Waals surface area contributed by atoms with E-state index in [1.54, 1.807) is 6.07 Å². The minimum Gasteiger partial charge on any atom is -0.483 e. The summed E-state index contributed by atoms with van der Waals surface area (Å²) in [6.45, 7) is 0.343. The Morgan fingerprint density at radius 2 is 2.06 bits per heavy atom. The van der Waals surface area contributed by atoms with Gasteiger partial charge in [0.2, 0.25) is 0 Å². The van der Waals surface area contributed by atoms with Crippen LogP contribution < -0.4 is 10.1 Å². The lowest BCUT2D eigenvalue weighted by molar-refractivity contribution is -0.100. The quantitative estimate of drug-likeness (QED) is 0.561. The van der Waals surface area contributed by atoms with Gasteiger partial charge in [-0.2, -0.15) is 0 Å². The summed E-state index contributed by atoms with van der Waals surface area (Å²) in [5, 5.41) is 13.1. The fourth-order valence-corrected chi connectivity index (χ4v) is 5.42. The molecule has 32 heavy (non-hydrogen) atoms. The van der Waals surface area contributed by atoms with Crippen LogP contribution in [-0.2, 0) is 14.2 Å². The maximum absolute atomic E-state index is 15.1. The molecule has 2 aliphatic heterocycles. The van der Waals surface area contributed by atoms with Gasteiger partial charge in [0.15, 0.2) is 12.4 Å². The Hall–Kier alpha value is -2.82. The van der Waals surface area contributed by atoms with Gasteiger partial charge in [0.1, 0.15) is 29.5 Å². The van der Waals surface area contributed by atoms with E-state index in [1.165, 1.54) is 30.6 Å². The van der Waals surface area contributed by atoms with Gasteiger partial charge in [0.05, 0.1) is 28.9 Å². The third-order valence-corrected chi connectivity index (χ3v) is 8.20. The summed E-state index contributed by atoms with van der Waals surface area (Å²) in [6.07, 6.45) is 1.15. The number of hydrogen-bond donors (Lipinski definition) is 2. The zero-order valence-corrected chi connectivity index (χ0v) is 17.9. The van der Waals surface area contributed by atoms with Crippen molar-refractivity contribution in [3.63, 3.8) is 0 Å². The maximum atomic E-state index is 15.1. The first-order valence-electron chi connectivity index (χ1n) is 10.2. The number of aliphatic hydroxyl groups excluding tert-OH is 1. The topological polar surface area (TPSA) is 88.9 Å². The van der Waals surface area contributed by atoms with E-state index in [-0.39, 0.29) is 17.0 Å². The van der Waals surface area contributed by atoms with Crippen molar-refractivity contribution in [1.29, 1.82) is 0 Å². The molecule has 0 saturated carbocycles. The highest BCUT2D eigenvalue weighted by Gasteiger charge is 2.29. The summed E-state index contributed by atoms with van der Waals surface area (Å²) in [7, 11) is -1.30. The molecule has 7 nitrogen and oxygen atoms in total. The van der Waals surface area contributed by atoms with Gasteiger partial charge >= 0.3 is 0 Å². The van der Waals surface area contributed by atoms with Crippen LogP contribution in [0.15, 0.2) is 41.0 Å². The number of nitrogens with one attached hydrogen (secondary N) is 1. The first-order valence-corrected chi connectivity index (χ1v) is 12.3. The lowest BCUT2D eigenvalue weighted by Crippen LogP contribution is -2.27. The van der Waals surface area contributed by atoms with E-state index in [9.17, 15) is 9.50 Å². The molecular weight excluding hydrogens is 438 g/mol. The van der Waals surface area contributed by atoms with Gasteiger partial charge < -0.3 is 19.9 Å². The minimum absolute atomic E-state index is 0.158. The molecule has 0 amide bonds. The average molecular weight is 461 g/mol. The second-order valence-corrected chi connectivity index (χ2v) is 10.9. The van der Waals surface area contributed by atoms with Gasteiger partial charge in [-0.05, 0) is 36.1 Å². The molecule has 2 atom stereocenters. The molecule has 2 aromatic carbocycles. The summed E-state index contributed by atoms with van der Waals surface area (Å²) < 4.78 is 44.5. The van der Waals surface area contributed by atoms with E-state index in [1.807, 2.05) is 0 Å². The van der Waals surface area contributed by atoms with Gasteiger partial charge in [-0.15, -0.1) is 9.41 Å². The van der Waals surface area contributed by atoms with Gasteiger partial charge in [-0.25, -0.2) is 23.1 Å². The number of hydrogen-bond acceptors (Lipinski definition) is 7. The van der Waals surface area contributed by atoms with Crippen LogP contribution in [0.3, 0.4) is 0 Å². The van der Waals surface area contributed by atoms with Crippen molar-refractivity contribution < 1.29 is 23.4 Å². The van der Waals surface area contributed by atoms with E-state index in [0.717, 1.165) is 17.9 Å². The molecule has 3 heterocycles. The predicted octanol–water partition coefficient (Wildman–Crippen LogP) is 3.94. The number of rotatable bonds is 5. The number of benzene rings is 2. The van der Waals surface area contributed by atoms with Crippen LogP contribution in [0.5, 0.6) is 5.75 Å². The molecule has 2 saturated heterocycles. The lowest BCUT2D eigenvalue weighted by atomic mass is 10.2. The Morgan fingerprint density at radius 1 is 1.22 bits per heavy atom. The van der Waals surface area contributed by atoms with Crippen LogP contribution in [-0.4, -0.2) is 51.5 Å². The van der Waals surface area contributed by atoms with Crippen LogP contribution in [0.1, 0.15) is 12.8 Å². The van der Waals surface area contributed by atoms with E-state index in [4.69, 9.17) is 9.47 Å². The molecule has 2 aliphatic rings. The highest BCUT2D eigenvalue weighted by atomic mass is 32.2. The highest BCUT2D eigenvalue weighted by Crippen LogP contribution is 2.35. The molecule has 2 N–H and O–H groups in total. The van der Waals surface area contributed by atoms with Crippen molar-refractivity contribution in [1.82, 2.24) is 9.97 Å². The Bertz CT molecular complexity index is 1300. The first kappa shape index (κ1) is 21.0. The van der Waals surface area contributed by atoms with Crippen LogP contribution in [0.25, 0.3) is 10.9 Å². The molecule has 0 aliphatic carbocycles. The Kier molecular flexibility index (Phi) is 5.44. The third kappa shape index (κ3) is 4.13. The van der Waals surface area contributed by atoms with E-state index >= 15 is 4.39 Å². The van der Waals surface area contributed by atoms with Crippen LogP contribution in [0.4, 0.5) is 26.0 Å². The lowest BCUT2D eigenvalue weighted by Gasteiger charge is -2.24. The molecule has 168 valence electrons. The molecule has 3 aromatic rings. The van der Waals surface area contributed by atoms with Crippen LogP contribution in [0, 0.1) is 11.6 Å². The summed E-state index contributed by atoms with van der Waals surface area (Å²) in [6, 6.07) is 7.00. The van der Waals surface area contributed by atoms with E-state index < -0.39 is 33.4 Å². The Balaban J connectivity index is 1.51. The first-order chi connectivity index (χ1) is 15.4. The average Bonchev–Trinajstić information content (AvgIpc) is 3.13. The van der Waals surface area contributed by atoms with Crippen molar-refractivity contribution in [2.45, 2.75) is 25.2 Å². The molecule has 0 bridgehead atoms. The maximum Gasteiger partial charge on any atom is 0.192 e. The zero-order chi connectivity index (χ0) is 22.3. The van der Waals surface area contributed by atoms with Crippen LogP contribution >= 0.6 is 0 Å². The SMILES string of the molecule is C=S1(=Nc2cc(F)c3c(Nc4ccc(F)cc4O[C@H]4CCO[C@@H]4O)ncnc3c2)CCC1. The van der Waals surface area contributed by atoms with Gasteiger partial charge in [-0.3, -0.25) is 0 Å². The number of fused-ring (bicyclic) bond motifs is 1. The molecule has 1 aromatic heterocycles. The predicted molar refractivity (Wildman–Crippen MR) is 121 cm³/mol. The Labute approximate surface area is 184 Å². The van der Waals surface area contributed by atoms with Crippen LogP contribution in [0.2, 0.25) is 0 Å². The molecular formula is C22H22F2N4O3S. The number of aromatic nitrogens is 2. The zero-order valence-electron chi connectivity index (χ0n) is 17.1. The molecule has 5 rings (SSSR count). The minimum atomic E-state index is -1.30. The second kappa shape index (κ2) is 8.27. The van der Waals surface area contributed by atoms with Crippen molar-refractivity contribution in [2.24, 2.45) is 4.36 Å². The standard InChI is InChI=1S/C22H22F2N4O3S/c1-32(7-2-8-32)28-14-10-15(24)20-17(11-14)25-12-26-21(20)27-16-4-3-13(23)9-19(16)31-18-5-6-30-22(18)29/h3-4,9-12,18,22,29H,1-2,5-8H2,(H,25,26,27)/t18-,22-/m0/s1. The monoisotopic (exact) mass is 460 g/mol. The van der Waals surface area contributed by atoms with Crippen molar-refractivity contribution in [2.75, 3.05) is 23.4 Å². The summed E-state index contributed by atoms with van der Waals surface area (Å²) in [4.78, 5) is 8.39. The fraction of sp³-hybridized carbons (Fsp3) is 0.318.